The fourth-order valence-electron chi connectivity index (χ4n) is 2.60. The Labute approximate surface area is 104 Å². The Morgan fingerprint density at radius 3 is 2.88 bits per heavy atom. The molecule has 1 fully saturated rings. The molecule has 2 atom stereocenters. The van der Waals surface area contributed by atoms with Crippen molar-refractivity contribution in [3.05, 3.63) is 0 Å². The van der Waals surface area contributed by atoms with E-state index in [1.54, 1.807) is 0 Å². The molecule has 100 valence electrons. The lowest BCUT2D eigenvalue weighted by atomic mass is 9.73. The average molecular weight is 242 g/mol. The maximum Gasteiger partial charge on any atom is 0.222 e. The number of rotatable bonds is 6. The van der Waals surface area contributed by atoms with Crippen LogP contribution >= 0.6 is 0 Å². The van der Waals surface area contributed by atoms with E-state index < -0.39 is 0 Å². The Morgan fingerprint density at radius 1 is 1.53 bits per heavy atom. The Balaban J connectivity index is 2.47. The first-order chi connectivity index (χ1) is 8.14. The first-order valence-electron chi connectivity index (χ1n) is 6.73. The summed E-state index contributed by atoms with van der Waals surface area (Å²) in [4.78, 5) is 11.8. The molecule has 1 aliphatic rings. The van der Waals surface area contributed by atoms with Gasteiger partial charge in [0.25, 0.3) is 0 Å². The SMILES string of the molecule is CCOCCC(=O)NC1(CN)CCCCC1C. The van der Waals surface area contributed by atoms with E-state index in [0.717, 1.165) is 19.3 Å². The third-order valence-electron chi connectivity index (χ3n) is 3.88. The molecular formula is C13H26N2O2. The van der Waals surface area contributed by atoms with Crippen LogP contribution in [0.15, 0.2) is 0 Å². The molecule has 0 aromatic carbocycles. The molecule has 17 heavy (non-hydrogen) atoms. The van der Waals surface area contributed by atoms with Crippen LogP contribution in [0.5, 0.6) is 0 Å². The normalized spacial score (nSPS) is 29.0. The highest BCUT2D eigenvalue weighted by molar-refractivity contribution is 5.77. The number of hydrogen-bond acceptors (Lipinski definition) is 3. The van der Waals surface area contributed by atoms with E-state index in [2.05, 4.69) is 12.2 Å². The molecule has 3 N–H and O–H groups in total. The first-order valence-corrected chi connectivity index (χ1v) is 6.73. The van der Waals surface area contributed by atoms with Crippen molar-refractivity contribution in [2.75, 3.05) is 19.8 Å². The van der Waals surface area contributed by atoms with Crippen LogP contribution in [0.4, 0.5) is 0 Å². The zero-order valence-electron chi connectivity index (χ0n) is 11.1. The van der Waals surface area contributed by atoms with Gasteiger partial charge in [-0.05, 0) is 25.7 Å². The molecule has 1 saturated carbocycles. The summed E-state index contributed by atoms with van der Waals surface area (Å²) < 4.78 is 5.19. The van der Waals surface area contributed by atoms with Crippen LogP contribution in [0.3, 0.4) is 0 Å². The van der Waals surface area contributed by atoms with Crippen molar-refractivity contribution in [1.29, 1.82) is 0 Å². The van der Waals surface area contributed by atoms with Gasteiger partial charge in [-0.3, -0.25) is 4.79 Å². The van der Waals surface area contributed by atoms with E-state index in [1.165, 1.54) is 6.42 Å². The molecule has 0 saturated heterocycles. The van der Waals surface area contributed by atoms with Crippen molar-refractivity contribution in [2.24, 2.45) is 11.7 Å². The molecule has 0 aromatic rings. The smallest absolute Gasteiger partial charge is 0.222 e. The van der Waals surface area contributed by atoms with Gasteiger partial charge in [0.1, 0.15) is 0 Å². The molecule has 4 heteroatoms. The zero-order valence-corrected chi connectivity index (χ0v) is 11.1. The second kappa shape index (κ2) is 6.97. The predicted molar refractivity (Wildman–Crippen MR) is 68.7 cm³/mol. The minimum Gasteiger partial charge on any atom is -0.381 e. The van der Waals surface area contributed by atoms with E-state index in [1.807, 2.05) is 6.92 Å². The Morgan fingerprint density at radius 2 is 2.29 bits per heavy atom. The van der Waals surface area contributed by atoms with Gasteiger partial charge in [0.2, 0.25) is 5.91 Å². The molecule has 0 aliphatic heterocycles. The zero-order chi connectivity index (χ0) is 12.7. The number of carbonyl (C=O) groups excluding carboxylic acids is 1. The summed E-state index contributed by atoms with van der Waals surface area (Å²) in [7, 11) is 0. The van der Waals surface area contributed by atoms with E-state index in [9.17, 15) is 4.79 Å². The molecule has 1 amide bonds. The summed E-state index contributed by atoms with van der Waals surface area (Å²) in [6.07, 6.45) is 5.00. The highest BCUT2D eigenvalue weighted by Crippen LogP contribution is 2.32. The van der Waals surface area contributed by atoms with Crippen LogP contribution in [-0.2, 0) is 9.53 Å². The molecule has 4 nitrogen and oxygen atoms in total. The first kappa shape index (κ1) is 14.5. The molecule has 2 unspecified atom stereocenters. The number of hydrogen-bond donors (Lipinski definition) is 2. The summed E-state index contributed by atoms with van der Waals surface area (Å²) in [6, 6.07) is 0. The van der Waals surface area contributed by atoms with Gasteiger partial charge in [-0.1, -0.05) is 19.8 Å². The summed E-state index contributed by atoms with van der Waals surface area (Å²) in [5.74, 6) is 0.537. The fourth-order valence-corrected chi connectivity index (χ4v) is 2.60. The molecule has 0 aromatic heterocycles. The van der Waals surface area contributed by atoms with E-state index >= 15 is 0 Å². The van der Waals surface area contributed by atoms with Gasteiger partial charge in [0.05, 0.1) is 12.1 Å². The number of nitrogens with two attached hydrogens (primary N) is 1. The van der Waals surface area contributed by atoms with Gasteiger partial charge in [-0.15, -0.1) is 0 Å². The Hall–Kier alpha value is -0.610. The number of nitrogens with one attached hydrogen (secondary N) is 1. The lowest BCUT2D eigenvalue weighted by Crippen LogP contribution is -2.59. The van der Waals surface area contributed by atoms with Gasteiger partial charge >= 0.3 is 0 Å². The Bertz CT molecular complexity index is 246. The molecule has 0 spiro atoms. The van der Waals surface area contributed by atoms with E-state index in [-0.39, 0.29) is 11.4 Å². The van der Waals surface area contributed by atoms with Crippen LogP contribution < -0.4 is 11.1 Å². The minimum absolute atomic E-state index is 0.0673. The van der Waals surface area contributed by atoms with Crippen LogP contribution in [0.2, 0.25) is 0 Å². The molecule has 0 bridgehead atoms. The number of ether oxygens (including phenoxy) is 1. The average Bonchev–Trinajstić information content (AvgIpc) is 2.32. The summed E-state index contributed by atoms with van der Waals surface area (Å²) in [5.41, 5.74) is 5.71. The molecule has 1 rings (SSSR count). The minimum atomic E-state index is -0.179. The van der Waals surface area contributed by atoms with Gasteiger partial charge < -0.3 is 15.8 Å². The van der Waals surface area contributed by atoms with E-state index in [4.69, 9.17) is 10.5 Å². The largest absolute Gasteiger partial charge is 0.381 e. The maximum absolute atomic E-state index is 11.8. The van der Waals surface area contributed by atoms with Crippen molar-refractivity contribution in [3.8, 4) is 0 Å². The van der Waals surface area contributed by atoms with Crippen molar-refractivity contribution < 1.29 is 9.53 Å². The van der Waals surface area contributed by atoms with Crippen LogP contribution in [0.1, 0.15) is 46.0 Å². The third kappa shape index (κ3) is 3.96. The monoisotopic (exact) mass is 242 g/mol. The van der Waals surface area contributed by atoms with Crippen LogP contribution in [0, 0.1) is 5.92 Å². The Kier molecular flexibility index (Phi) is 5.92. The molecular weight excluding hydrogens is 216 g/mol. The molecule has 0 radical (unpaired) electrons. The highest BCUT2D eigenvalue weighted by atomic mass is 16.5. The van der Waals surface area contributed by atoms with Crippen molar-refractivity contribution >= 4 is 5.91 Å². The van der Waals surface area contributed by atoms with Crippen molar-refractivity contribution in [3.63, 3.8) is 0 Å². The topological polar surface area (TPSA) is 64.3 Å². The number of carbonyl (C=O) groups is 1. The second-order valence-electron chi connectivity index (χ2n) is 5.00. The van der Waals surface area contributed by atoms with Crippen molar-refractivity contribution in [2.45, 2.75) is 51.5 Å². The van der Waals surface area contributed by atoms with E-state index in [0.29, 0.717) is 32.1 Å². The second-order valence-corrected chi connectivity index (χ2v) is 5.00. The van der Waals surface area contributed by atoms with Crippen molar-refractivity contribution in [1.82, 2.24) is 5.32 Å². The van der Waals surface area contributed by atoms with Crippen LogP contribution in [-0.4, -0.2) is 31.2 Å². The summed E-state index contributed by atoms with van der Waals surface area (Å²) >= 11 is 0. The fraction of sp³-hybridized carbons (Fsp3) is 0.923. The summed E-state index contributed by atoms with van der Waals surface area (Å²) in [6.45, 7) is 5.81. The number of amides is 1. The third-order valence-corrected chi connectivity index (χ3v) is 3.88. The van der Waals surface area contributed by atoms with Crippen LogP contribution in [0.25, 0.3) is 0 Å². The standard InChI is InChI=1S/C13H26N2O2/c1-3-17-9-7-12(16)15-13(10-14)8-5-4-6-11(13)2/h11H,3-10,14H2,1-2H3,(H,15,16). The summed E-state index contributed by atoms with van der Waals surface area (Å²) in [5, 5.41) is 3.15. The quantitative estimate of drug-likeness (QED) is 0.693. The molecule has 1 aliphatic carbocycles. The van der Waals surface area contributed by atoms with Gasteiger partial charge in [0.15, 0.2) is 0 Å². The predicted octanol–water partition coefficient (Wildman–Crippen LogP) is 1.44. The van der Waals surface area contributed by atoms with Gasteiger partial charge in [-0.25, -0.2) is 0 Å². The molecule has 0 heterocycles. The lowest BCUT2D eigenvalue weighted by Gasteiger charge is -2.42. The highest BCUT2D eigenvalue weighted by Gasteiger charge is 2.37. The van der Waals surface area contributed by atoms with Gasteiger partial charge in [-0.2, -0.15) is 0 Å². The van der Waals surface area contributed by atoms with Gasteiger partial charge in [0, 0.05) is 19.6 Å². The lowest BCUT2D eigenvalue weighted by molar-refractivity contribution is -0.125. The maximum atomic E-state index is 11.8.